The number of fused-ring (bicyclic) bond motifs is 3. The van der Waals surface area contributed by atoms with E-state index in [0.29, 0.717) is 28.8 Å². The highest BCUT2D eigenvalue weighted by Crippen LogP contribution is 2.51. The second kappa shape index (κ2) is 9.33. The Kier molecular flexibility index (Phi) is 5.98. The van der Waals surface area contributed by atoms with Gasteiger partial charge in [-0.3, -0.25) is 14.5 Å². The SMILES string of the molecule is CCN1C(=O)C2(CCc3cc(-c4cnc(O)nc4O)ccc32)C(=O)N(c2ccccc2)c2cc(C(F)(F)F)ccc21. The summed E-state index contributed by atoms with van der Waals surface area (Å²) in [5.74, 6) is -1.60. The van der Waals surface area contributed by atoms with Crippen LogP contribution in [-0.4, -0.2) is 38.5 Å². The number of alkyl halides is 3. The van der Waals surface area contributed by atoms with Crippen molar-refractivity contribution in [3.8, 4) is 23.0 Å². The van der Waals surface area contributed by atoms with Crippen molar-refractivity contribution in [2.75, 3.05) is 16.3 Å². The van der Waals surface area contributed by atoms with Crippen LogP contribution in [0.5, 0.6) is 11.9 Å². The molecule has 1 unspecified atom stereocenters. The van der Waals surface area contributed by atoms with E-state index < -0.39 is 40.9 Å². The van der Waals surface area contributed by atoms with E-state index in [1.54, 1.807) is 55.5 Å². The number of benzene rings is 3. The summed E-state index contributed by atoms with van der Waals surface area (Å²) in [5.41, 5.74) is -0.256. The van der Waals surface area contributed by atoms with Crippen LogP contribution in [0.3, 0.4) is 0 Å². The third-order valence-corrected chi connectivity index (χ3v) is 7.74. The topological polar surface area (TPSA) is 107 Å². The number of aryl methyl sites for hydroxylation is 1. The van der Waals surface area contributed by atoms with Gasteiger partial charge in [0, 0.05) is 18.4 Å². The van der Waals surface area contributed by atoms with Gasteiger partial charge in [-0.05, 0) is 66.8 Å². The van der Waals surface area contributed by atoms with Gasteiger partial charge in [-0.25, -0.2) is 4.98 Å². The van der Waals surface area contributed by atoms with Crippen LogP contribution in [0, 0.1) is 0 Å². The molecular weight excluding hydrogens is 537 g/mol. The minimum atomic E-state index is -4.66. The lowest BCUT2D eigenvalue weighted by molar-refractivity contribution is -0.138. The number of para-hydroxylation sites is 1. The quantitative estimate of drug-likeness (QED) is 0.321. The maximum absolute atomic E-state index is 14.7. The molecule has 3 aromatic carbocycles. The molecule has 0 saturated carbocycles. The number of carbonyl (C=O) groups is 2. The number of halogens is 3. The molecule has 11 heteroatoms. The van der Waals surface area contributed by atoms with Crippen LogP contribution in [0.15, 0.2) is 72.9 Å². The highest BCUT2D eigenvalue weighted by atomic mass is 19.4. The van der Waals surface area contributed by atoms with E-state index in [1.807, 2.05) is 0 Å². The number of aromatic nitrogens is 2. The fraction of sp³-hybridized carbons (Fsp3) is 0.200. The highest BCUT2D eigenvalue weighted by molar-refractivity contribution is 6.27. The number of hydrogen-bond donors (Lipinski definition) is 2. The molecule has 1 spiro atoms. The molecule has 0 saturated heterocycles. The normalized spacial score (nSPS) is 18.4. The van der Waals surface area contributed by atoms with Crippen LogP contribution >= 0.6 is 0 Å². The third-order valence-electron chi connectivity index (χ3n) is 7.74. The molecule has 1 aliphatic heterocycles. The predicted octanol–water partition coefficient (Wildman–Crippen LogP) is 5.49. The molecule has 0 radical (unpaired) electrons. The maximum Gasteiger partial charge on any atom is 0.416 e. The Hall–Kier alpha value is -4.93. The molecule has 0 fully saturated rings. The van der Waals surface area contributed by atoms with Gasteiger partial charge in [-0.2, -0.15) is 18.2 Å². The zero-order valence-electron chi connectivity index (χ0n) is 21.7. The molecule has 1 aliphatic carbocycles. The van der Waals surface area contributed by atoms with E-state index >= 15 is 0 Å². The number of nitrogens with zero attached hydrogens (tertiary/aromatic N) is 4. The van der Waals surface area contributed by atoms with Gasteiger partial charge in [-0.15, -0.1) is 0 Å². The summed E-state index contributed by atoms with van der Waals surface area (Å²) < 4.78 is 41.5. The van der Waals surface area contributed by atoms with Crippen molar-refractivity contribution in [2.24, 2.45) is 0 Å². The van der Waals surface area contributed by atoms with Gasteiger partial charge < -0.3 is 15.1 Å². The molecule has 4 aromatic rings. The Morgan fingerprint density at radius 3 is 2.39 bits per heavy atom. The highest BCUT2D eigenvalue weighted by Gasteiger charge is 2.57. The predicted molar refractivity (Wildman–Crippen MR) is 144 cm³/mol. The minimum Gasteiger partial charge on any atom is -0.493 e. The number of hydrogen-bond acceptors (Lipinski definition) is 6. The van der Waals surface area contributed by atoms with E-state index in [0.717, 1.165) is 12.1 Å². The van der Waals surface area contributed by atoms with Crippen LogP contribution in [0.1, 0.15) is 30.0 Å². The molecule has 208 valence electrons. The lowest BCUT2D eigenvalue weighted by atomic mass is 9.78. The zero-order chi connectivity index (χ0) is 29.1. The lowest BCUT2D eigenvalue weighted by Gasteiger charge is -2.32. The molecule has 2 amide bonds. The Bertz CT molecular complexity index is 1710. The molecular formula is C30H23F3N4O4. The second-order valence-corrected chi connectivity index (χ2v) is 9.91. The Labute approximate surface area is 232 Å². The Morgan fingerprint density at radius 2 is 1.71 bits per heavy atom. The van der Waals surface area contributed by atoms with Crippen molar-refractivity contribution in [3.63, 3.8) is 0 Å². The summed E-state index contributed by atoms with van der Waals surface area (Å²) in [6.07, 6.45) is -2.98. The van der Waals surface area contributed by atoms with E-state index in [1.165, 1.54) is 22.1 Å². The Morgan fingerprint density at radius 1 is 0.951 bits per heavy atom. The van der Waals surface area contributed by atoms with Crippen LogP contribution in [0.4, 0.5) is 30.2 Å². The maximum atomic E-state index is 14.7. The number of anilines is 3. The van der Waals surface area contributed by atoms with E-state index in [4.69, 9.17) is 0 Å². The average Bonchev–Trinajstić information content (AvgIpc) is 3.30. The summed E-state index contributed by atoms with van der Waals surface area (Å²) in [6.45, 7) is 1.84. The van der Waals surface area contributed by atoms with Crippen molar-refractivity contribution < 1.29 is 33.0 Å². The fourth-order valence-corrected chi connectivity index (χ4v) is 5.84. The van der Waals surface area contributed by atoms with E-state index in [9.17, 15) is 33.0 Å². The first-order valence-electron chi connectivity index (χ1n) is 12.9. The van der Waals surface area contributed by atoms with Gasteiger partial charge in [0.2, 0.25) is 11.8 Å². The van der Waals surface area contributed by atoms with E-state index in [-0.39, 0.29) is 29.9 Å². The first kappa shape index (κ1) is 26.3. The number of carbonyl (C=O) groups excluding carboxylic acids is 2. The van der Waals surface area contributed by atoms with Crippen molar-refractivity contribution in [1.82, 2.24) is 9.97 Å². The molecule has 41 heavy (non-hydrogen) atoms. The standard InChI is InChI=1S/C30H23F3N4O4/c1-2-36-23-11-9-19(30(31,32)33)15-24(23)37(20-6-4-3-5-7-20)27(40)29(26(36)39)13-12-18-14-17(8-10-22(18)29)21-16-34-28(41)35-25(21)38/h3-11,14-16H,2,12-13H2,1H3,(H2,34,35,38,41). The lowest BCUT2D eigenvalue weighted by Crippen LogP contribution is -2.53. The smallest absolute Gasteiger partial charge is 0.416 e. The summed E-state index contributed by atoms with van der Waals surface area (Å²) in [7, 11) is 0. The molecule has 6 rings (SSSR count). The molecule has 2 heterocycles. The van der Waals surface area contributed by atoms with Gasteiger partial charge in [0.25, 0.3) is 5.91 Å². The summed E-state index contributed by atoms with van der Waals surface area (Å²) in [5, 5.41) is 19.7. The number of rotatable bonds is 3. The summed E-state index contributed by atoms with van der Waals surface area (Å²) in [4.78, 5) is 39.0. The van der Waals surface area contributed by atoms with E-state index in [2.05, 4.69) is 9.97 Å². The molecule has 1 aromatic heterocycles. The monoisotopic (exact) mass is 560 g/mol. The molecule has 8 nitrogen and oxygen atoms in total. The molecule has 2 N–H and O–H groups in total. The summed E-state index contributed by atoms with van der Waals surface area (Å²) in [6, 6.07) is 15.8. The number of amides is 2. The van der Waals surface area contributed by atoms with Crippen molar-refractivity contribution in [2.45, 2.75) is 31.4 Å². The molecule has 1 atom stereocenters. The Balaban J connectivity index is 1.57. The van der Waals surface area contributed by atoms with Crippen molar-refractivity contribution >= 4 is 28.9 Å². The van der Waals surface area contributed by atoms with Gasteiger partial charge in [-0.1, -0.05) is 36.4 Å². The van der Waals surface area contributed by atoms with Crippen LogP contribution < -0.4 is 9.80 Å². The van der Waals surface area contributed by atoms with Crippen LogP contribution in [0.2, 0.25) is 0 Å². The van der Waals surface area contributed by atoms with Gasteiger partial charge in [0.05, 0.1) is 22.5 Å². The van der Waals surface area contributed by atoms with Crippen molar-refractivity contribution in [1.29, 1.82) is 0 Å². The molecule has 2 aliphatic rings. The second-order valence-electron chi connectivity index (χ2n) is 9.91. The zero-order valence-corrected chi connectivity index (χ0v) is 21.7. The van der Waals surface area contributed by atoms with Crippen molar-refractivity contribution in [3.05, 3.63) is 89.6 Å². The van der Waals surface area contributed by atoms with Gasteiger partial charge >= 0.3 is 12.2 Å². The number of aromatic hydroxyl groups is 2. The van der Waals surface area contributed by atoms with Gasteiger partial charge in [0.15, 0.2) is 5.41 Å². The van der Waals surface area contributed by atoms with Crippen LogP contribution in [-0.2, 0) is 27.6 Å². The fourth-order valence-electron chi connectivity index (χ4n) is 5.84. The largest absolute Gasteiger partial charge is 0.493 e. The summed E-state index contributed by atoms with van der Waals surface area (Å²) >= 11 is 0. The first-order chi connectivity index (χ1) is 19.6. The average molecular weight is 561 g/mol. The molecule has 0 bridgehead atoms. The number of likely N-dealkylation sites (N-methyl/N-ethyl adjacent to an activating group) is 1. The minimum absolute atomic E-state index is 0.0284. The first-order valence-corrected chi connectivity index (χ1v) is 12.9. The third kappa shape index (κ3) is 3.99. The van der Waals surface area contributed by atoms with Gasteiger partial charge in [0.1, 0.15) is 0 Å². The van der Waals surface area contributed by atoms with Crippen LogP contribution in [0.25, 0.3) is 11.1 Å².